The highest BCUT2D eigenvalue weighted by atomic mass is 19.1. The molecule has 4 nitrogen and oxygen atoms in total. The zero-order chi connectivity index (χ0) is 15.9. The van der Waals surface area contributed by atoms with E-state index in [9.17, 15) is 9.18 Å². The number of hydrogen-bond donors (Lipinski definition) is 1. The van der Waals surface area contributed by atoms with E-state index in [-0.39, 0.29) is 17.8 Å². The molecule has 0 spiro atoms. The fourth-order valence-corrected chi connectivity index (χ4v) is 2.02. The predicted octanol–water partition coefficient (Wildman–Crippen LogP) is 3.76. The maximum Gasteiger partial charge on any atom is 0.220 e. The van der Waals surface area contributed by atoms with Gasteiger partial charge >= 0.3 is 0 Å². The topological polar surface area (TPSA) is 51.5 Å². The van der Waals surface area contributed by atoms with E-state index in [2.05, 4.69) is 5.32 Å². The number of furan rings is 1. The van der Waals surface area contributed by atoms with Crippen LogP contribution in [-0.2, 0) is 4.79 Å². The van der Waals surface area contributed by atoms with Crippen LogP contribution in [0.1, 0.15) is 37.3 Å². The molecule has 1 heterocycles. The zero-order valence-corrected chi connectivity index (χ0v) is 12.8. The first-order chi connectivity index (χ1) is 10.5. The minimum absolute atomic E-state index is 0.0516. The summed E-state index contributed by atoms with van der Waals surface area (Å²) < 4.78 is 23.6. The number of nitrogens with one attached hydrogen (secondary N) is 1. The number of carbonyl (C=O) groups excluding carboxylic acids is 1. The summed E-state index contributed by atoms with van der Waals surface area (Å²) in [5, 5.41) is 2.88. The highest BCUT2D eigenvalue weighted by molar-refractivity contribution is 5.76. The number of hydrogen-bond acceptors (Lipinski definition) is 3. The van der Waals surface area contributed by atoms with Gasteiger partial charge in [-0.05, 0) is 56.7 Å². The second-order valence-corrected chi connectivity index (χ2v) is 5.14. The van der Waals surface area contributed by atoms with Gasteiger partial charge in [0.15, 0.2) is 0 Å². The molecule has 1 N–H and O–H groups in total. The van der Waals surface area contributed by atoms with Gasteiger partial charge in [0.05, 0.1) is 12.6 Å². The summed E-state index contributed by atoms with van der Waals surface area (Å²) in [5.74, 6) is 1.82. The third-order valence-corrected chi connectivity index (χ3v) is 3.20. The highest BCUT2D eigenvalue weighted by Gasteiger charge is 2.12. The Balaban J connectivity index is 1.66. The van der Waals surface area contributed by atoms with Gasteiger partial charge in [0.1, 0.15) is 23.1 Å². The first-order valence-corrected chi connectivity index (χ1v) is 7.28. The lowest BCUT2D eigenvalue weighted by molar-refractivity contribution is -0.122. The van der Waals surface area contributed by atoms with Gasteiger partial charge in [-0.15, -0.1) is 0 Å². The lowest BCUT2D eigenvalue weighted by Gasteiger charge is -2.11. The van der Waals surface area contributed by atoms with Gasteiger partial charge in [-0.3, -0.25) is 4.79 Å². The molecule has 2 rings (SSSR count). The average Bonchev–Trinajstić information content (AvgIpc) is 2.92. The first kappa shape index (κ1) is 16.1. The van der Waals surface area contributed by atoms with E-state index in [4.69, 9.17) is 9.15 Å². The van der Waals surface area contributed by atoms with E-state index >= 15 is 0 Å². The van der Waals surface area contributed by atoms with Gasteiger partial charge in [-0.25, -0.2) is 4.39 Å². The fraction of sp³-hybridized carbons (Fsp3) is 0.353. The molecule has 0 saturated carbocycles. The van der Waals surface area contributed by atoms with Gasteiger partial charge in [0, 0.05) is 6.42 Å². The molecule has 0 bridgehead atoms. The van der Waals surface area contributed by atoms with Crippen LogP contribution in [0.4, 0.5) is 4.39 Å². The maximum absolute atomic E-state index is 12.7. The minimum atomic E-state index is -0.297. The standard InChI is InChI=1S/C17H20FNO3/c1-12-5-10-16(22-12)13(2)19-17(20)4-3-11-21-15-8-6-14(18)7-9-15/h5-10,13H,3-4,11H2,1-2H3,(H,19,20)/t13-/m0/s1. The van der Waals surface area contributed by atoms with Gasteiger partial charge < -0.3 is 14.5 Å². The third kappa shape index (κ3) is 4.91. The summed E-state index contributed by atoms with van der Waals surface area (Å²) in [5.41, 5.74) is 0. The molecule has 118 valence electrons. The van der Waals surface area contributed by atoms with E-state index in [1.165, 1.54) is 12.1 Å². The van der Waals surface area contributed by atoms with Crippen molar-refractivity contribution in [2.24, 2.45) is 0 Å². The van der Waals surface area contributed by atoms with Crippen molar-refractivity contribution in [3.8, 4) is 5.75 Å². The molecule has 1 aromatic heterocycles. The number of ether oxygens (including phenoxy) is 1. The van der Waals surface area contributed by atoms with Crippen molar-refractivity contribution in [3.05, 3.63) is 53.7 Å². The molecule has 1 atom stereocenters. The molecule has 22 heavy (non-hydrogen) atoms. The second kappa shape index (κ2) is 7.64. The molecule has 1 aromatic carbocycles. The minimum Gasteiger partial charge on any atom is -0.494 e. The summed E-state index contributed by atoms with van der Waals surface area (Å²) in [4.78, 5) is 11.8. The van der Waals surface area contributed by atoms with Gasteiger partial charge in [0.25, 0.3) is 0 Å². The van der Waals surface area contributed by atoms with Crippen molar-refractivity contribution < 1.29 is 18.3 Å². The monoisotopic (exact) mass is 305 g/mol. The van der Waals surface area contributed by atoms with E-state index in [0.717, 1.165) is 11.5 Å². The molecule has 5 heteroatoms. The van der Waals surface area contributed by atoms with E-state index < -0.39 is 0 Å². The van der Waals surface area contributed by atoms with Crippen LogP contribution in [0.15, 0.2) is 40.8 Å². The smallest absolute Gasteiger partial charge is 0.220 e. The Hall–Kier alpha value is -2.30. The van der Waals surface area contributed by atoms with Crippen LogP contribution in [0, 0.1) is 12.7 Å². The van der Waals surface area contributed by atoms with E-state index in [0.29, 0.717) is 25.2 Å². The number of halogens is 1. The van der Waals surface area contributed by atoms with Crippen molar-refractivity contribution in [2.75, 3.05) is 6.61 Å². The van der Waals surface area contributed by atoms with Gasteiger partial charge in [-0.1, -0.05) is 0 Å². The van der Waals surface area contributed by atoms with Crippen LogP contribution in [0.3, 0.4) is 0 Å². The second-order valence-electron chi connectivity index (χ2n) is 5.14. The maximum atomic E-state index is 12.7. The molecule has 0 radical (unpaired) electrons. The number of rotatable bonds is 7. The van der Waals surface area contributed by atoms with Crippen molar-refractivity contribution in [2.45, 2.75) is 32.7 Å². The molecule has 0 saturated heterocycles. The van der Waals surface area contributed by atoms with E-state index in [1.54, 1.807) is 12.1 Å². The molecule has 1 amide bonds. The Bertz CT molecular complexity index is 607. The van der Waals surface area contributed by atoms with Crippen molar-refractivity contribution in [1.29, 1.82) is 0 Å². The third-order valence-electron chi connectivity index (χ3n) is 3.20. The highest BCUT2D eigenvalue weighted by Crippen LogP contribution is 2.16. The number of carbonyl (C=O) groups is 1. The summed E-state index contributed by atoms with van der Waals surface area (Å²) in [7, 11) is 0. The Morgan fingerprint density at radius 1 is 1.27 bits per heavy atom. The van der Waals surface area contributed by atoms with Crippen LogP contribution in [0.2, 0.25) is 0 Å². The number of aryl methyl sites for hydroxylation is 1. The molecular formula is C17H20FNO3. The Kier molecular flexibility index (Phi) is 5.58. The summed E-state index contributed by atoms with van der Waals surface area (Å²) in [6.45, 7) is 4.16. The average molecular weight is 305 g/mol. The van der Waals surface area contributed by atoms with Crippen molar-refractivity contribution in [3.63, 3.8) is 0 Å². The zero-order valence-electron chi connectivity index (χ0n) is 12.8. The molecular weight excluding hydrogens is 285 g/mol. The van der Waals surface area contributed by atoms with Crippen LogP contribution in [-0.4, -0.2) is 12.5 Å². The van der Waals surface area contributed by atoms with Crippen LogP contribution >= 0.6 is 0 Å². The largest absolute Gasteiger partial charge is 0.494 e. The Labute approximate surface area is 129 Å². The summed E-state index contributed by atoms with van der Waals surface area (Å²) in [6, 6.07) is 9.39. The molecule has 0 aliphatic heterocycles. The number of benzene rings is 1. The SMILES string of the molecule is Cc1ccc([C@H](C)NC(=O)CCCOc2ccc(F)cc2)o1. The Morgan fingerprint density at radius 2 is 2.00 bits per heavy atom. The van der Waals surface area contributed by atoms with Crippen molar-refractivity contribution >= 4 is 5.91 Å². The van der Waals surface area contributed by atoms with Crippen LogP contribution in [0.5, 0.6) is 5.75 Å². The summed E-state index contributed by atoms with van der Waals surface area (Å²) in [6.07, 6.45) is 0.957. The molecule has 0 unspecified atom stereocenters. The normalized spacial score (nSPS) is 12.0. The number of amides is 1. The quantitative estimate of drug-likeness (QED) is 0.792. The molecule has 0 aliphatic rings. The first-order valence-electron chi connectivity index (χ1n) is 7.28. The lowest BCUT2D eigenvalue weighted by atomic mass is 10.2. The van der Waals surface area contributed by atoms with E-state index in [1.807, 2.05) is 26.0 Å². The van der Waals surface area contributed by atoms with Crippen LogP contribution < -0.4 is 10.1 Å². The molecule has 0 fully saturated rings. The predicted molar refractivity (Wildman–Crippen MR) is 81.1 cm³/mol. The summed E-state index contributed by atoms with van der Waals surface area (Å²) >= 11 is 0. The lowest BCUT2D eigenvalue weighted by Crippen LogP contribution is -2.26. The van der Waals surface area contributed by atoms with Crippen LogP contribution in [0.25, 0.3) is 0 Å². The molecule has 2 aromatic rings. The van der Waals surface area contributed by atoms with Gasteiger partial charge in [-0.2, -0.15) is 0 Å². The van der Waals surface area contributed by atoms with Gasteiger partial charge in [0.2, 0.25) is 5.91 Å². The fourth-order valence-electron chi connectivity index (χ4n) is 2.02. The molecule has 0 aliphatic carbocycles. The van der Waals surface area contributed by atoms with Crippen molar-refractivity contribution in [1.82, 2.24) is 5.32 Å². The Morgan fingerprint density at radius 3 is 2.64 bits per heavy atom.